The van der Waals surface area contributed by atoms with Crippen molar-refractivity contribution in [2.75, 3.05) is 0 Å². The van der Waals surface area contributed by atoms with Crippen LogP contribution >= 0.6 is 0 Å². The van der Waals surface area contributed by atoms with Crippen molar-refractivity contribution < 1.29 is 19.0 Å². The van der Waals surface area contributed by atoms with Crippen LogP contribution in [0.1, 0.15) is 80.0 Å². The normalized spacial score (nSPS) is 22.5. The molecule has 1 atom stereocenters. The van der Waals surface area contributed by atoms with Crippen LogP contribution in [0.4, 0.5) is 4.39 Å². The van der Waals surface area contributed by atoms with Crippen molar-refractivity contribution in [2.24, 2.45) is 0 Å². The molecule has 2 aliphatic heterocycles. The van der Waals surface area contributed by atoms with Gasteiger partial charge in [0, 0.05) is 16.7 Å². The fourth-order valence-corrected chi connectivity index (χ4v) is 5.49. The molecular weight excluding hydrogens is 423 g/mol. The van der Waals surface area contributed by atoms with Gasteiger partial charge < -0.3 is 14.4 Å². The van der Waals surface area contributed by atoms with E-state index >= 15 is 0 Å². The SMILES string of the molecule is CC/C(C)=C1/CCCc2c3c(nc(/C=C/F)c21)-c1cc2c(c(=O)n1C3)COC(=O)[C@]2(O)CC. The molecule has 0 amide bonds. The average Bonchev–Trinajstić information content (AvgIpc) is 3.20. The van der Waals surface area contributed by atoms with E-state index < -0.39 is 11.6 Å². The van der Waals surface area contributed by atoms with Crippen molar-refractivity contribution in [1.82, 2.24) is 9.55 Å². The third-order valence-corrected chi connectivity index (χ3v) is 7.46. The molecule has 172 valence electrons. The van der Waals surface area contributed by atoms with Crippen molar-refractivity contribution in [2.45, 2.75) is 71.6 Å². The number of esters is 1. The molecule has 7 heteroatoms. The first-order valence-corrected chi connectivity index (χ1v) is 11.5. The molecule has 0 saturated carbocycles. The molecule has 4 heterocycles. The van der Waals surface area contributed by atoms with Crippen LogP contribution in [0, 0.1) is 0 Å². The Bertz CT molecular complexity index is 1320. The van der Waals surface area contributed by atoms with E-state index in [4.69, 9.17) is 9.72 Å². The van der Waals surface area contributed by atoms with E-state index in [9.17, 15) is 19.1 Å². The number of hydrogen-bond donors (Lipinski definition) is 1. The molecular formula is C26H27FN2O4. The van der Waals surface area contributed by atoms with E-state index in [2.05, 4.69) is 13.8 Å². The Labute approximate surface area is 191 Å². The summed E-state index contributed by atoms with van der Waals surface area (Å²) < 4.78 is 20.2. The van der Waals surface area contributed by atoms with Crippen LogP contribution < -0.4 is 5.56 Å². The molecule has 0 spiro atoms. The zero-order chi connectivity index (χ0) is 23.5. The van der Waals surface area contributed by atoms with Crippen LogP contribution in [-0.2, 0) is 34.7 Å². The van der Waals surface area contributed by atoms with Crippen molar-refractivity contribution >= 4 is 17.6 Å². The number of ether oxygens (including phenoxy) is 1. The monoisotopic (exact) mass is 450 g/mol. The Hall–Kier alpha value is -3.06. The van der Waals surface area contributed by atoms with Gasteiger partial charge >= 0.3 is 5.97 Å². The van der Waals surface area contributed by atoms with Gasteiger partial charge in [-0.3, -0.25) is 4.79 Å². The molecule has 0 bridgehead atoms. The van der Waals surface area contributed by atoms with E-state index in [1.807, 2.05) is 0 Å². The maximum Gasteiger partial charge on any atom is 0.343 e. The minimum atomic E-state index is -1.87. The zero-order valence-corrected chi connectivity index (χ0v) is 19.1. The smallest absolute Gasteiger partial charge is 0.343 e. The van der Waals surface area contributed by atoms with Crippen molar-refractivity contribution in [3.05, 3.63) is 61.8 Å². The number of pyridine rings is 2. The minimum absolute atomic E-state index is 0.0898. The number of carbonyl (C=O) groups is 1. The van der Waals surface area contributed by atoms with Crippen LogP contribution in [0.2, 0.25) is 0 Å². The molecule has 0 unspecified atom stereocenters. The average molecular weight is 451 g/mol. The largest absolute Gasteiger partial charge is 0.458 e. The molecule has 6 nitrogen and oxygen atoms in total. The molecule has 3 aliphatic rings. The molecule has 1 N–H and O–H groups in total. The Morgan fingerprint density at radius 1 is 1.27 bits per heavy atom. The van der Waals surface area contributed by atoms with E-state index in [0.717, 1.165) is 42.4 Å². The summed E-state index contributed by atoms with van der Waals surface area (Å²) in [5, 5.41) is 11.0. The first-order chi connectivity index (χ1) is 15.8. The highest BCUT2D eigenvalue weighted by molar-refractivity contribution is 5.85. The standard InChI is InChI=1S/C26H27FN2O4/c1-4-14(3)15-7-6-8-16-17-12-29-21(23(17)28-20(9-10-27)22(15)16)11-19-18(24(29)30)13-33-25(31)26(19,32)5-2/h9-11,32H,4-8,12-13H2,1-3H3/b10-9+,15-14-/t26-/m0/s1. The van der Waals surface area contributed by atoms with Gasteiger partial charge in [0.1, 0.15) is 6.61 Å². The maximum atomic E-state index is 13.4. The van der Waals surface area contributed by atoms with Gasteiger partial charge in [0.05, 0.1) is 35.5 Å². The lowest BCUT2D eigenvalue weighted by Crippen LogP contribution is -2.44. The summed E-state index contributed by atoms with van der Waals surface area (Å²) in [5.41, 5.74) is 5.70. The highest BCUT2D eigenvalue weighted by Gasteiger charge is 2.45. The van der Waals surface area contributed by atoms with Crippen molar-refractivity contribution in [1.29, 1.82) is 0 Å². The summed E-state index contributed by atoms with van der Waals surface area (Å²) in [6.45, 7) is 6.10. The topological polar surface area (TPSA) is 81.4 Å². The minimum Gasteiger partial charge on any atom is -0.458 e. The number of hydrogen-bond acceptors (Lipinski definition) is 5. The molecule has 2 aromatic rings. The molecule has 0 saturated heterocycles. The fraction of sp³-hybridized carbons (Fsp3) is 0.423. The molecule has 0 aromatic carbocycles. The summed E-state index contributed by atoms with van der Waals surface area (Å²) in [6.07, 6.45) is 5.61. The fourth-order valence-electron chi connectivity index (χ4n) is 5.49. The Kier molecular flexibility index (Phi) is 5.12. The van der Waals surface area contributed by atoms with Crippen molar-refractivity contribution in [3.63, 3.8) is 0 Å². The first-order valence-electron chi connectivity index (χ1n) is 11.5. The van der Waals surface area contributed by atoms with Gasteiger partial charge in [-0.2, -0.15) is 0 Å². The van der Waals surface area contributed by atoms with Gasteiger partial charge in [0.15, 0.2) is 5.60 Å². The number of rotatable bonds is 3. The summed E-state index contributed by atoms with van der Waals surface area (Å²) in [5.74, 6) is -0.746. The summed E-state index contributed by atoms with van der Waals surface area (Å²) in [6, 6.07) is 1.70. The number of aromatic nitrogens is 2. The Morgan fingerprint density at radius 3 is 2.76 bits per heavy atom. The van der Waals surface area contributed by atoms with Gasteiger partial charge in [0.25, 0.3) is 5.56 Å². The van der Waals surface area contributed by atoms with E-state index in [0.29, 0.717) is 35.5 Å². The lowest BCUT2D eigenvalue weighted by Gasteiger charge is -2.31. The summed E-state index contributed by atoms with van der Waals surface area (Å²) in [7, 11) is 0. The van der Waals surface area contributed by atoms with E-state index in [1.54, 1.807) is 17.6 Å². The molecule has 5 rings (SSSR count). The Morgan fingerprint density at radius 2 is 2.06 bits per heavy atom. The number of nitrogens with zero attached hydrogens (tertiary/aromatic N) is 2. The highest BCUT2D eigenvalue weighted by atomic mass is 19.1. The van der Waals surface area contributed by atoms with Crippen LogP contribution in [0.3, 0.4) is 0 Å². The second-order valence-electron chi connectivity index (χ2n) is 9.04. The van der Waals surface area contributed by atoms with Gasteiger partial charge in [-0.15, -0.1) is 0 Å². The second kappa shape index (κ2) is 7.76. The third kappa shape index (κ3) is 2.98. The van der Waals surface area contributed by atoms with Crippen LogP contribution in [0.15, 0.2) is 22.8 Å². The highest BCUT2D eigenvalue weighted by Crippen LogP contribution is 2.44. The van der Waals surface area contributed by atoms with Crippen molar-refractivity contribution in [3.8, 4) is 11.4 Å². The number of aliphatic hydroxyl groups is 1. The number of cyclic esters (lactones) is 1. The summed E-state index contributed by atoms with van der Waals surface area (Å²) in [4.78, 5) is 30.6. The van der Waals surface area contributed by atoms with Gasteiger partial charge in [0.2, 0.25) is 0 Å². The van der Waals surface area contributed by atoms with Crippen LogP contribution in [0.5, 0.6) is 0 Å². The van der Waals surface area contributed by atoms with Crippen LogP contribution in [-0.4, -0.2) is 20.6 Å². The van der Waals surface area contributed by atoms with Gasteiger partial charge in [-0.1, -0.05) is 19.4 Å². The number of allylic oxidation sites excluding steroid dienone is 2. The predicted molar refractivity (Wildman–Crippen MR) is 123 cm³/mol. The lowest BCUT2D eigenvalue weighted by atomic mass is 9.81. The molecule has 33 heavy (non-hydrogen) atoms. The number of carbonyl (C=O) groups excluding carboxylic acids is 1. The Balaban J connectivity index is 1.81. The first kappa shape index (κ1) is 21.8. The lowest BCUT2D eigenvalue weighted by molar-refractivity contribution is -0.172. The molecule has 0 fully saturated rings. The molecule has 0 radical (unpaired) electrons. The third-order valence-electron chi connectivity index (χ3n) is 7.46. The maximum absolute atomic E-state index is 13.4. The van der Waals surface area contributed by atoms with E-state index in [1.165, 1.54) is 17.2 Å². The summed E-state index contributed by atoms with van der Waals surface area (Å²) >= 11 is 0. The molecule has 2 aromatic heterocycles. The van der Waals surface area contributed by atoms with Crippen LogP contribution in [0.25, 0.3) is 23.0 Å². The molecule has 1 aliphatic carbocycles. The van der Waals surface area contributed by atoms with Gasteiger partial charge in [-0.05, 0) is 62.3 Å². The van der Waals surface area contributed by atoms with Gasteiger partial charge in [-0.25, -0.2) is 14.2 Å². The van der Waals surface area contributed by atoms with E-state index in [-0.39, 0.29) is 24.2 Å². The quantitative estimate of drug-likeness (QED) is 0.599. The predicted octanol–water partition coefficient (Wildman–Crippen LogP) is 4.39. The number of halogens is 1. The number of fused-ring (bicyclic) bond motifs is 6. The second-order valence-corrected chi connectivity index (χ2v) is 9.04. The zero-order valence-electron chi connectivity index (χ0n) is 19.1.